The molecule has 115 heavy (non-hydrogen) atoms. The fraction of sp³-hybridized carbons (Fsp3) is 0.680. The van der Waals surface area contributed by atoms with Gasteiger partial charge in [-0.25, -0.2) is 9.13 Å². The molecule has 0 aliphatic rings. The highest BCUT2D eigenvalue weighted by Gasteiger charge is 2.29. The van der Waals surface area contributed by atoms with Crippen LogP contribution in [0.2, 0.25) is 0 Å². The quantitative estimate of drug-likeness (QED) is 0.0146. The molecule has 0 aromatic carbocycles. The minimum Gasteiger partial charge on any atom is -0.463 e. The van der Waals surface area contributed by atoms with Crippen molar-refractivity contribution in [1.29, 1.82) is 0 Å². The third kappa shape index (κ3) is 89.5. The first-order chi connectivity index (χ1) is 56.2. The molecule has 0 radical (unpaired) electrons. The lowest BCUT2D eigenvalue weighted by Crippen LogP contribution is -2.30. The van der Waals surface area contributed by atoms with Gasteiger partial charge >= 0.3 is 33.6 Å². The summed E-state index contributed by atoms with van der Waals surface area (Å²) < 4.78 is 61.3. The molecule has 18 heteroatoms. The lowest BCUT2D eigenvalue weighted by Gasteiger charge is -2.21. The van der Waals surface area contributed by atoms with Crippen LogP contribution in [0.5, 0.6) is 0 Å². The summed E-state index contributed by atoms with van der Waals surface area (Å²) in [4.78, 5) is 58.9. The Kier molecular flexibility index (Phi) is 84.3. The van der Waals surface area contributed by atoms with Gasteiger partial charge in [-0.1, -0.05) is 371 Å². The number of unbranched alkanes of at least 4 members (excludes halogenated alkanes) is 34. The third-order valence-electron chi connectivity index (χ3n) is 18.9. The second kappa shape index (κ2) is 88.2. The van der Waals surface area contributed by atoms with E-state index in [0.717, 1.165) is 135 Å². The molecule has 0 saturated heterocycles. The van der Waals surface area contributed by atoms with E-state index in [-0.39, 0.29) is 19.3 Å². The highest BCUT2D eigenvalue weighted by molar-refractivity contribution is 7.47. The van der Waals surface area contributed by atoms with Crippen LogP contribution in [0.25, 0.3) is 0 Å². The number of allylic oxidation sites excluding steroid dienone is 28. The van der Waals surface area contributed by atoms with Gasteiger partial charge in [0.2, 0.25) is 0 Å². The molecular formula is C97H164O16P2. The molecule has 0 heterocycles. The van der Waals surface area contributed by atoms with Gasteiger partial charge in [0.05, 0.1) is 26.4 Å². The number of esters is 3. The number of phosphoric ester groups is 2. The molecule has 16 nitrogen and oxygen atoms in total. The molecule has 0 aromatic rings. The first-order valence-corrected chi connectivity index (χ1v) is 48.4. The van der Waals surface area contributed by atoms with E-state index < -0.39 is 91.5 Å². The Labute approximate surface area is 701 Å². The van der Waals surface area contributed by atoms with Crippen molar-refractivity contribution in [1.82, 2.24) is 0 Å². The average Bonchev–Trinajstić information content (AvgIpc) is 0.926. The molecule has 0 aromatic heterocycles. The first kappa shape index (κ1) is 110. The van der Waals surface area contributed by atoms with Gasteiger partial charge in [0, 0.05) is 19.3 Å². The predicted molar refractivity (Wildman–Crippen MR) is 482 cm³/mol. The first-order valence-electron chi connectivity index (χ1n) is 45.4. The maximum atomic E-state index is 13.0. The van der Waals surface area contributed by atoms with E-state index in [1.165, 1.54) is 167 Å². The maximum absolute atomic E-state index is 13.0. The summed E-state index contributed by atoms with van der Waals surface area (Å²) in [6.07, 6.45) is 114. The van der Waals surface area contributed by atoms with Gasteiger partial charge in [-0.15, -0.1) is 0 Å². The average molecular weight is 1650 g/mol. The van der Waals surface area contributed by atoms with Gasteiger partial charge in [0.15, 0.2) is 6.10 Å². The van der Waals surface area contributed by atoms with Crippen LogP contribution in [0.15, 0.2) is 170 Å². The number of hydrogen-bond acceptors (Lipinski definition) is 14. The van der Waals surface area contributed by atoms with E-state index >= 15 is 0 Å². The molecule has 0 spiro atoms. The number of hydrogen-bond donors (Lipinski definition) is 4. The Morgan fingerprint density at radius 1 is 0.252 bits per heavy atom. The number of aliphatic hydroxyl groups is 2. The van der Waals surface area contributed by atoms with Gasteiger partial charge in [0.1, 0.15) is 25.4 Å². The standard InChI is InChI=1S/C97H164O16P2/c1-4-7-10-13-16-19-22-25-28-31-33-35-37-39-41-42-43-44-45-46-47-48-50-52-53-55-57-60-62-65-68-71-74-77-80-83-95(100)107-86-92(98)87-109-114(103,104)110-88-93(99)89-111-115(105,106)112-91-94(113-97(102)85-82-79-76-73-70-67-64-59-30-27-24-21-18-15-12-9-6-3)90-108-96(101)84-81-78-75-72-69-66-63-61-58-56-54-51-49-40-38-36-34-32-29-26-23-20-17-14-11-8-5-2/h7,9-10,12,16-21,25-30,33-36,39-41,49,64,67,73,76,92-94,98-99H,4-6,8,11,13-15,22-24,31-32,37-38,42-48,50-63,65-66,68-72,74-75,77-91H2,1-3H3,(H,103,104)(H,105,106)/b10-7-,12-9-,19-16-,20-17-,21-18-,28-25-,29-26-,30-27-,35-33-,36-34-,41-39-,49-40-,67-64-,76-73-. The molecule has 0 fully saturated rings. The number of rotatable bonds is 85. The zero-order valence-corrected chi connectivity index (χ0v) is 74.2. The van der Waals surface area contributed by atoms with Crippen molar-refractivity contribution in [2.45, 2.75) is 386 Å². The topological polar surface area (TPSA) is 231 Å². The molecule has 658 valence electrons. The second-order valence-electron chi connectivity index (χ2n) is 30.0. The monoisotopic (exact) mass is 1650 g/mol. The Hall–Kier alpha value is -5.09. The largest absolute Gasteiger partial charge is 0.472 e. The number of phosphoric acid groups is 2. The Balaban J connectivity index is 4.49. The molecule has 0 amide bonds. The smallest absolute Gasteiger partial charge is 0.463 e. The highest BCUT2D eigenvalue weighted by Crippen LogP contribution is 2.45. The van der Waals surface area contributed by atoms with E-state index in [2.05, 4.69) is 179 Å². The lowest BCUT2D eigenvalue weighted by molar-refractivity contribution is -0.161. The number of carbonyl (C=O) groups excluding carboxylic acids is 3. The van der Waals surface area contributed by atoms with Crippen molar-refractivity contribution in [2.24, 2.45) is 0 Å². The zero-order valence-electron chi connectivity index (χ0n) is 72.4. The van der Waals surface area contributed by atoms with Crippen LogP contribution >= 0.6 is 15.6 Å². The molecule has 5 unspecified atom stereocenters. The van der Waals surface area contributed by atoms with Gasteiger partial charge in [-0.3, -0.25) is 32.5 Å². The summed E-state index contributed by atoms with van der Waals surface area (Å²) in [5, 5.41) is 20.7. The lowest BCUT2D eigenvalue weighted by atomic mass is 10.0. The normalized spacial score (nSPS) is 14.6. The molecule has 0 rings (SSSR count). The molecule has 5 atom stereocenters. The summed E-state index contributed by atoms with van der Waals surface area (Å²) in [6, 6.07) is 0. The molecule has 0 aliphatic heterocycles. The SMILES string of the molecule is CC/C=C\C/C=C\C/C=C\C/C=C\C/C=C\CCCCCCCCCCCCCCCCCCCCCC(=O)OCC(O)COP(=O)(O)OCC(O)COP(=O)(O)OCC(COC(=O)CCCCCCCCCCCCC/C=C\C/C=C\C/C=C\C/C=C\CCCCC)OC(=O)CCC/C=C\C/C=C\C/C=C\C/C=C\C/C=C\CC. The Morgan fingerprint density at radius 2 is 0.470 bits per heavy atom. The molecule has 0 bridgehead atoms. The van der Waals surface area contributed by atoms with Crippen molar-refractivity contribution in [3.05, 3.63) is 170 Å². The predicted octanol–water partition coefficient (Wildman–Crippen LogP) is 27.9. The van der Waals surface area contributed by atoms with Gasteiger partial charge < -0.3 is 34.2 Å². The summed E-state index contributed by atoms with van der Waals surface area (Å²) in [6.45, 7) is 2.39. The van der Waals surface area contributed by atoms with E-state index in [1.807, 2.05) is 12.2 Å². The van der Waals surface area contributed by atoms with Gasteiger partial charge in [-0.05, 0) is 148 Å². The van der Waals surface area contributed by atoms with Crippen LogP contribution in [0.3, 0.4) is 0 Å². The highest BCUT2D eigenvalue weighted by atomic mass is 31.2. The zero-order chi connectivity index (χ0) is 83.6. The third-order valence-corrected chi connectivity index (χ3v) is 20.8. The van der Waals surface area contributed by atoms with Crippen LogP contribution in [-0.4, -0.2) is 95.9 Å². The van der Waals surface area contributed by atoms with Crippen molar-refractivity contribution >= 4 is 33.6 Å². The summed E-state index contributed by atoms with van der Waals surface area (Å²) in [7, 11) is -9.83. The van der Waals surface area contributed by atoms with Crippen LogP contribution in [0.4, 0.5) is 0 Å². The van der Waals surface area contributed by atoms with Crippen LogP contribution in [0, 0.1) is 0 Å². The van der Waals surface area contributed by atoms with E-state index in [4.69, 9.17) is 32.3 Å². The molecule has 4 N–H and O–H groups in total. The minimum absolute atomic E-state index is 0.0218. The maximum Gasteiger partial charge on any atom is 0.472 e. The van der Waals surface area contributed by atoms with Crippen LogP contribution in [-0.2, 0) is 55.8 Å². The van der Waals surface area contributed by atoms with Gasteiger partial charge in [0.25, 0.3) is 0 Å². The number of ether oxygens (including phenoxy) is 3. The summed E-state index contributed by atoms with van der Waals surface area (Å²) in [5.74, 6) is -1.64. The van der Waals surface area contributed by atoms with Gasteiger partial charge in [-0.2, -0.15) is 0 Å². The molecule has 0 aliphatic carbocycles. The second-order valence-corrected chi connectivity index (χ2v) is 32.9. The fourth-order valence-electron chi connectivity index (χ4n) is 12.1. The van der Waals surface area contributed by atoms with E-state index in [0.29, 0.717) is 25.7 Å². The molecular weight excluding hydrogens is 1480 g/mol. The van der Waals surface area contributed by atoms with Crippen molar-refractivity contribution in [2.75, 3.05) is 39.6 Å². The van der Waals surface area contributed by atoms with E-state index in [1.54, 1.807) is 0 Å². The van der Waals surface area contributed by atoms with Crippen LogP contribution < -0.4 is 0 Å². The Bertz CT molecular complexity index is 2770. The number of aliphatic hydroxyl groups excluding tert-OH is 2. The molecule has 0 saturated carbocycles. The Morgan fingerprint density at radius 3 is 0.757 bits per heavy atom. The minimum atomic E-state index is -4.96. The van der Waals surface area contributed by atoms with Crippen molar-refractivity contribution in [3.8, 4) is 0 Å². The van der Waals surface area contributed by atoms with Crippen molar-refractivity contribution < 1.29 is 75.8 Å². The summed E-state index contributed by atoms with van der Waals surface area (Å²) >= 11 is 0. The summed E-state index contributed by atoms with van der Waals surface area (Å²) in [5.41, 5.74) is 0. The van der Waals surface area contributed by atoms with Crippen molar-refractivity contribution in [3.63, 3.8) is 0 Å². The number of carbonyl (C=O) groups is 3. The van der Waals surface area contributed by atoms with Crippen LogP contribution in [0.1, 0.15) is 367 Å². The van der Waals surface area contributed by atoms with E-state index in [9.17, 15) is 43.5 Å². The fourth-order valence-corrected chi connectivity index (χ4v) is 13.7.